The van der Waals surface area contributed by atoms with Crippen molar-refractivity contribution in [1.82, 2.24) is 14.4 Å². The molecule has 0 bridgehead atoms. The molecule has 0 fully saturated rings. The molecule has 28 heavy (non-hydrogen) atoms. The summed E-state index contributed by atoms with van der Waals surface area (Å²) in [5, 5.41) is 2.82. The molecule has 138 valence electrons. The summed E-state index contributed by atoms with van der Waals surface area (Å²) in [4.78, 5) is 33.0. The maximum absolute atomic E-state index is 12.8. The Bertz CT molecular complexity index is 1180. The van der Waals surface area contributed by atoms with Gasteiger partial charge in [0.2, 0.25) is 0 Å². The van der Waals surface area contributed by atoms with Crippen LogP contribution in [-0.4, -0.2) is 26.2 Å². The fourth-order valence-corrected chi connectivity index (χ4v) is 2.92. The number of aryl methyl sites for hydroxylation is 1. The van der Waals surface area contributed by atoms with E-state index in [1.54, 1.807) is 10.5 Å². The number of fused-ring (bicyclic) bond motifs is 1. The molecule has 2 heterocycles. The lowest BCUT2D eigenvalue weighted by Gasteiger charge is -2.10. The summed E-state index contributed by atoms with van der Waals surface area (Å²) in [6.07, 6.45) is 1.48. The Morgan fingerprint density at radius 3 is 2.43 bits per heavy atom. The number of hydrogen-bond acceptors (Lipinski definition) is 4. The number of benzene rings is 2. The van der Waals surface area contributed by atoms with E-state index in [4.69, 9.17) is 5.73 Å². The molecular formula is C21H17N5O2. The quantitative estimate of drug-likeness (QED) is 0.575. The van der Waals surface area contributed by atoms with Gasteiger partial charge >= 0.3 is 0 Å². The topological polar surface area (TPSA) is 102 Å². The number of primary amides is 1. The van der Waals surface area contributed by atoms with E-state index in [9.17, 15) is 9.59 Å². The van der Waals surface area contributed by atoms with E-state index >= 15 is 0 Å². The molecule has 4 aromatic rings. The maximum atomic E-state index is 12.8. The minimum absolute atomic E-state index is 0.0159. The van der Waals surface area contributed by atoms with Crippen LogP contribution in [0.4, 0.5) is 5.69 Å². The lowest BCUT2D eigenvalue weighted by molar-refractivity contribution is 0.0993. The Labute approximate surface area is 160 Å². The number of nitrogens with two attached hydrogens (primary N) is 1. The molecule has 0 aliphatic rings. The molecule has 0 aliphatic carbocycles. The van der Waals surface area contributed by atoms with Gasteiger partial charge in [0.15, 0.2) is 11.3 Å². The SMILES string of the molecule is Cc1ccc(NC(=O)c2cc(-c3ccccc3)n3cnc(C(N)=O)c3n2)cc1. The number of anilines is 1. The number of aromatic nitrogens is 3. The predicted molar refractivity (Wildman–Crippen MR) is 106 cm³/mol. The van der Waals surface area contributed by atoms with E-state index in [1.165, 1.54) is 6.33 Å². The highest BCUT2D eigenvalue weighted by Gasteiger charge is 2.19. The van der Waals surface area contributed by atoms with E-state index in [-0.39, 0.29) is 22.9 Å². The van der Waals surface area contributed by atoms with Crippen LogP contribution in [0.25, 0.3) is 16.9 Å². The van der Waals surface area contributed by atoms with Gasteiger partial charge in [0.25, 0.3) is 11.8 Å². The smallest absolute Gasteiger partial charge is 0.274 e. The van der Waals surface area contributed by atoms with E-state index in [1.807, 2.05) is 61.5 Å². The second kappa shape index (κ2) is 6.96. The fraction of sp³-hybridized carbons (Fsp3) is 0.0476. The zero-order valence-electron chi connectivity index (χ0n) is 15.1. The Balaban J connectivity index is 1.83. The Kier molecular flexibility index (Phi) is 4.33. The molecule has 4 rings (SSSR count). The van der Waals surface area contributed by atoms with Crippen LogP contribution in [0.15, 0.2) is 67.0 Å². The molecule has 0 saturated carbocycles. The minimum Gasteiger partial charge on any atom is -0.364 e. The predicted octanol–water partition coefficient (Wildman–Crippen LogP) is 3.06. The molecule has 0 radical (unpaired) electrons. The number of amides is 2. The maximum Gasteiger partial charge on any atom is 0.274 e. The van der Waals surface area contributed by atoms with Gasteiger partial charge in [-0.05, 0) is 30.7 Å². The van der Waals surface area contributed by atoms with Crippen LogP contribution in [0.5, 0.6) is 0 Å². The highest BCUT2D eigenvalue weighted by molar-refractivity contribution is 6.04. The average molecular weight is 371 g/mol. The summed E-state index contributed by atoms with van der Waals surface area (Å²) < 4.78 is 1.65. The molecule has 0 atom stereocenters. The molecule has 2 aromatic carbocycles. The van der Waals surface area contributed by atoms with Crippen molar-refractivity contribution in [3.05, 3.63) is 83.9 Å². The first kappa shape index (κ1) is 17.4. The van der Waals surface area contributed by atoms with Crippen LogP contribution in [0.1, 0.15) is 26.5 Å². The molecule has 0 aliphatic heterocycles. The van der Waals surface area contributed by atoms with Crippen LogP contribution in [0, 0.1) is 6.92 Å². The molecule has 0 spiro atoms. The van der Waals surface area contributed by atoms with Crippen molar-refractivity contribution >= 4 is 23.1 Å². The van der Waals surface area contributed by atoms with Gasteiger partial charge < -0.3 is 11.1 Å². The molecule has 0 unspecified atom stereocenters. The first-order chi connectivity index (χ1) is 13.5. The standard InChI is InChI=1S/C21H17N5O2/c1-13-7-9-15(10-8-13)24-21(28)16-11-17(14-5-3-2-4-6-14)26-12-23-18(19(22)27)20(26)25-16/h2-12H,1H3,(H2,22,27)(H,24,28). The Hall–Kier alpha value is -4.00. The van der Waals surface area contributed by atoms with Crippen LogP contribution < -0.4 is 11.1 Å². The molecular weight excluding hydrogens is 354 g/mol. The van der Waals surface area contributed by atoms with Gasteiger partial charge in [-0.1, -0.05) is 48.0 Å². The molecule has 3 N–H and O–H groups in total. The average Bonchev–Trinajstić information content (AvgIpc) is 3.14. The largest absolute Gasteiger partial charge is 0.364 e. The van der Waals surface area contributed by atoms with Crippen molar-refractivity contribution in [1.29, 1.82) is 0 Å². The van der Waals surface area contributed by atoms with Crippen LogP contribution >= 0.6 is 0 Å². The van der Waals surface area contributed by atoms with Gasteiger partial charge in [0.1, 0.15) is 12.0 Å². The first-order valence-electron chi connectivity index (χ1n) is 8.64. The van der Waals surface area contributed by atoms with Gasteiger partial charge in [-0.3, -0.25) is 14.0 Å². The van der Waals surface area contributed by atoms with E-state index in [2.05, 4.69) is 15.3 Å². The Morgan fingerprint density at radius 2 is 1.75 bits per heavy atom. The second-order valence-corrected chi connectivity index (χ2v) is 6.36. The normalized spacial score (nSPS) is 10.8. The molecule has 7 nitrogen and oxygen atoms in total. The van der Waals surface area contributed by atoms with Crippen LogP contribution in [0.2, 0.25) is 0 Å². The molecule has 7 heteroatoms. The summed E-state index contributed by atoms with van der Waals surface area (Å²) in [5.41, 5.74) is 9.12. The van der Waals surface area contributed by atoms with Crippen molar-refractivity contribution < 1.29 is 9.59 Å². The third-order valence-electron chi connectivity index (χ3n) is 4.35. The lowest BCUT2D eigenvalue weighted by Crippen LogP contribution is -2.17. The highest BCUT2D eigenvalue weighted by atomic mass is 16.2. The van der Waals surface area contributed by atoms with Gasteiger partial charge in [0.05, 0.1) is 5.69 Å². The number of hydrogen-bond donors (Lipinski definition) is 2. The number of carbonyl (C=O) groups is 2. The third-order valence-corrected chi connectivity index (χ3v) is 4.35. The highest BCUT2D eigenvalue weighted by Crippen LogP contribution is 2.23. The number of nitrogens with one attached hydrogen (secondary N) is 1. The molecule has 2 amide bonds. The number of nitrogens with zero attached hydrogens (tertiary/aromatic N) is 3. The zero-order chi connectivity index (χ0) is 19.7. The van der Waals surface area contributed by atoms with Crippen molar-refractivity contribution in [3.63, 3.8) is 0 Å². The van der Waals surface area contributed by atoms with Gasteiger partial charge in [-0.2, -0.15) is 0 Å². The van der Waals surface area contributed by atoms with E-state index < -0.39 is 5.91 Å². The monoisotopic (exact) mass is 371 g/mol. The zero-order valence-corrected chi connectivity index (χ0v) is 15.1. The Morgan fingerprint density at radius 1 is 1.04 bits per heavy atom. The third kappa shape index (κ3) is 3.21. The minimum atomic E-state index is -0.704. The van der Waals surface area contributed by atoms with E-state index in [0.29, 0.717) is 11.4 Å². The second-order valence-electron chi connectivity index (χ2n) is 6.36. The van der Waals surface area contributed by atoms with Crippen molar-refractivity contribution in [2.24, 2.45) is 5.73 Å². The summed E-state index contributed by atoms with van der Waals surface area (Å²) in [6, 6.07) is 18.6. The van der Waals surface area contributed by atoms with Gasteiger partial charge in [-0.15, -0.1) is 0 Å². The van der Waals surface area contributed by atoms with Crippen LogP contribution in [0.3, 0.4) is 0 Å². The lowest BCUT2D eigenvalue weighted by atomic mass is 10.1. The summed E-state index contributed by atoms with van der Waals surface area (Å²) in [6.45, 7) is 1.97. The molecule has 2 aromatic heterocycles. The fourth-order valence-electron chi connectivity index (χ4n) is 2.92. The van der Waals surface area contributed by atoms with Crippen LogP contribution in [-0.2, 0) is 0 Å². The number of imidazole rings is 1. The number of rotatable bonds is 4. The van der Waals surface area contributed by atoms with Crippen molar-refractivity contribution in [2.45, 2.75) is 6.92 Å². The molecule has 0 saturated heterocycles. The summed E-state index contributed by atoms with van der Waals surface area (Å²) >= 11 is 0. The summed E-state index contributed by atoms with van der Waals surface area (Å²) in [7, 11) is 0. The summed E-state index contributed by atoms with van der Waals surface area (Å²) in [5.74, 6) is -1.09. The van der Waals surface area contributed by atoms with Crippen molar-refractivity contribution in [3.8, 4) is 11.3 Å². The van der Waals surface area contributed by atoms with Gasteiger partial charge in [0, 0.05) is 5.69 Å². The number of carbonyl (C=O) groups excluding carboxylic acids is 2. The van der Waals surface area contributed by atoms with Crippen molar-refractivity contribution in [2.75, 3.05) is 5.32 Å². The first-order valence-corrected chi connectivity index (χ1v) is 8.64. The van der Waals surface area contributed by atoms with E-state index in [0.717, 1.165) is 11.1 Å². The van der Waals surface area contributed by atoms with Gasteiger partial charge in [-0.25, -0.2) is 9.97 Å².